The van der Waals surface area contributed by atoms with Gasteiger partial charge in [0, 0.05) is 49.7 Å². The maximum atomic E-state index is 11.8. The molecule has 130 valence electrons. The van der Waals surface area contributed by atoms with Gasteiger partial charge in [-0.3, -0.25) is 4.79 Å². The Kier molecular flexibility index (Phi) is 4.03. The lowest BCUT2D eigenvalue weighted by molar-refractivity contribution is -0.158. The molecule has 1 aliphatic heterocycles. The van der Waals surface area contributed by atoms with Crippen LogP contribution in [0.15, 0.2) is 24.3 Å². The number of hydrogen-bond donors (Lipinski definition) is 1. The average Bonchev–Trinajstić information content (AvgIpc) is 2.94. The van der Waals surface area contributed by atoms with Crippen molar-refractivity contribution in [1.82, 2.24) is 4.90 Å². The maximum Gasteiger partial charge on any atom is 0.219 e. The minimum Gasteiger partial charge on any atom is -0.381 e. The topological polar surface area (TPSA) is 41.6 Å². The van der Waals surface area contributed by atoms with E-state index in [1.807, 2.05) is 11.8 Å². The van der Waals surface area contributed by atoms with Crippen LogP contribution in [0.4, 0.5) is 5.69 Å². The minimum absolute atomic E-state index is 0.135. The van der Waals surface area contributed by atoms with Crippen molar-refractivity contribution in [1.29, 1.82) is 0 Å². The van der Waals surface area contributed by atoms with Crippen LogP contribution in [0.2, 0.25) is 0 Å². The third-order valence-electron chi connectivity index (χ3n) is 6.55. The van der Waals surface area contributed by atoms with Crippen LogP contribution in [0.25, 0.3) is 0 Å². The van der Waals surface area contributed by atoms with E-state index in [1.54, 1.807) is 6.92 Å². The summed E-state index contributed by atoms with van der Waals surface area (Å²) < 4.78 is 6.03. The molecule has 3 atom stereocenters. The predicted octanol–water partition coefficient (Wildman–Crippen LogP) is 3.42. The molecule has 1 aromatic carbocycles. The number of carbonyl (C=O) groups is 1. The molecule has 3 aliphatic rings. The number of hydrogen-bond acceptors (Lipinski definition) is 3. The Morgan fingerprint density at radius 2 is 2.17 bits per heavy atom. The summed E-state index contributed by atoms with van der Waals surface area (Å²) in [5.41, 5.74) is 2.78. The first-order valence-electron chi connectivity index (χ1n) is 9.37. The number of rotatable bonds is 5. The van der Waals surface area contributed by atoms with Crippen LogP contribution in [0, 0.1) is 11.3 Å². The molecule has 1 saturated heterocycles. The van der Waals surface area contributed by atoms with Gasteiger partial charge in [-0.2, -0.15) is 0 Å². The Morgan fingerprint density at radius 1 is 1.38 bits per heavy atom. The molecule has 2 saturated carbocycles. The summed E-state index contributed by atoms with van der Waals surface area (Å²) in [4.78, 5) is 13.7. The van der Waals surface area contributed by atoms with Gasteiger partial charge in [0.1, 0.15) is 0 Å². The zero-order valence-electron chi connectivity index (χ0n) is 14.8. The van der Waals surface area contributed by atoms with Gasteiger partial charge in [0.25, 0.3) is 0 Å². The zero-order chi connectivity index (χ0) is 16.7. The molecule has 1 aromatic rings. The average molecular weight is 328 g/mol. The molecule has 1 amide bonds. The van der Waals surface area contributed by atoms with E-state index >= 15 is 0 Å². The first-order valence-corrected chi connectivity index (χ1v) is 9.37. The van der Waals surface area contributed by atoms with Crippen LogP contribution < -0.4 is 5.32 Å². The van der Waals surface area contributed by atoms with Crippen molar-refractivity contribution in [2.75, 3.05) is 18.5 Å². The van der Waals surface area contributed by atoms with E-state index in [9.17, 15) is 4.79 Å². The van der Waals surface area contributed by atoms with Gasteiger partial charge in [0.15, 0.2) is 0 Å². The molecule has 1 heterocycles. The number of ether oxygens (including phenoxy) is 1. The van der Waals surface area contributed by atoms with Crippen LogP contribution in [-0.2, 0) is 16.1 Å². The smallest absolute Gasteiger partial charge is 0.219 e. The fraction of sp³-hybridized carbons (Fsp3) is 0.650. The highest BCUT2D eigenvalue weighted by Crippen LogP contribution is 2.63. The SMILES string of the molecule is CCN(Cc1ccccc1NC1C2CCOC2C12CCC2)C(C)=O. The number of nitrogens with one attached hydrogen (secondary N) is 1. The van der Waals surface area contributed by atoms with E-state index in [4.69, 9.17) is 4.74 Å². The molecule has 0 radical (unpaired) electrons. The molecule has 4 nitrogen and oxygen atoms in total. The minimum atomic E-state index is 0.135. The summed E-state index contributed by atoms with van der Waals surface area (Å²) in [6.07, 6.45) is 5.59. The first kappa shape index (κ1) is 15.9. The maximum absolute atomic E-state index is 11.8. The predicted molar refractivity (Wildman–Crippen MR) is 94.7 cm³/mol. The number of fused-ring (bicyclic) bond motifs is 2. The summed E-state index contributed by atoms with van der Waals surface area (Å²) in [5, 5.41) is 3.86. The quantitative estimate of drug-likeness (QED) is 0.900. The van der Waals surface area contributed by atoms with Crippen LogP contribution in [-0.4, -0.2) is 36.1 Å². The van der Waals surface area contributed by atoms with E-state index in [1.165, 1.54) is 36.9 Å². The molecule has 4 rings (SSSR count). The van der Waals surface area contributed by atoms with Crippen molar-refractivity contribution in [3.05, 3.63) is 29.8 Å². The van der Waals surface area contributed by atoms with Crippen LogP contribution in [0.5, 0.6) is 0 Å². The summed E-state index contributed by atoms with van der Waals surface area (Å²) in [7, 11) is 0. The van der Waals surface area contributed by atoms with E-state index in [0.29, 0.717) is 30.0 Å². The number of para-hydroxylation sites is 1. The van der Waals surface area contributed by atoms with Gasteiger partial charge in [-0.1, -0.05) is 24.6 Å². The first-order chi connectivity index (χ1) is 11.7. The van der Waals surface area contributed by atoms with Crippen molar-refractivity contribution in [3.63, 3.8) is 0 Å². The fourth-order valence-corrected chi connectivity index (χ4v) is 5.07. The molecule has 1 spiro atoms. The van der Waals surface area contributed by atoms with Crippen molar-refractivity contribution in [2.24, 2.45) is 11.3 Å². The molecule has 4 heteroatoms. The number of anilines is 1. The van der Waals surface area contributed by atoms with Crippen molar-refractivity contribution < 1.29 is 9.53 Å². The number of carbonyl (C=O) groups excluding carboxylic acids is 1. The van der Waals surface area contributed by atoms with Gasteiger partial charge in [-0.25, -0.2) is 0 Å². The molecule has 0 aromatic heterocycles. The van der Waals surface area contributed by atoms with Crippen molar-refractivity contribution in [2.45, 2.75) is 58.2 Å². The molecular weight excluding hydrogens is 300 g/mol. The normalized spacial score (nSPS) is 29.5. The summed E-state index contributed by atoms with van der Waals surface area (Å²) >= 11 is 0. The van der Waals surface area contributed by atoms with Gasteiger partial charge >= 0.3 is 0 Å². The molecule has 3 unspecified atom stereocenters. The molecule has 0 bridgehead atoms. The third kappa shape index (κ3) is 2.34. The van der Waals surface area contributed by atoms with E-state index < -0.39 is 0 Å². The second-order valence-electron chi connectivity index (χ2n) is 7.64. The standard InChI is InChI=1S/C20H28N2O2/c1-3-22(14(2)23)13-15-7-4-5-8-17(15)21-18-16-9-12-24-19(16)20(18)10-6-11-20/h4-5,7-8,16,18-19,21H,3,6,9-13H2,1-2H3. The van der Waals surface area contributed by atoms with Crippen LogP contribution >= 0.6 is 0 Å². The Morgan fingerprint density at radius 3 is 2.83 bits per heavy atom. The molecule has 2 aliphatic carbocycles. The molecule has 3 fully saturated rings. The van der Waals surface area contributed by atoms with E-state index in [2.05, 4.69) is 29.6 Å². The third-order valence-corrected chi connectivity index (χ3v) is 6.55. The van der Waals surface area contributed by atoms with Crippen LogP contribution in [0.3, 0.4) is 0 Å². The second kappa shape index (κ2) is 6.07. The molecule has 1 N–H and O–H groups in total. The lowest BCUT2D eigenvalue weighted by Crippen LogP contribution is -2.68. The van der Waals surface area contributed by atoms with Gasteiger partial charge in [0.05, 0.1) is 6.10 Å². The Balaban J connectivity index is 1.54. The van der Waals surface area contributed by atoms with Crippen molar-refractivity contribution in [3.8, 4) is 0 Å². The number of amides is 1. The van der Waals surface area contributed by atoms with Crippen LogP contribution in [0.1, 0.15) is 45.1 Å². The highest BCUT2D eigenvalue weighted by molar-refractivity contribution is 5.73. The lowest BCUT2D eigenvalue weighted by atomic mass is 9.46. The molecule has 24 heavy (non-hydrogen) atoms. The van der Waals surface area contributed by atoms with Gasteiger partial charge in [0.2, 0.25) is 5.91 Å². The molecular formula is C20H28N2O2. The highest BCUT2D eigenvalue weighted by atomic mass is 16.5. The Bertz CT molecular complexity index is 626. The largest absolute Gasteiger partial charge is 0.381 e. The van der Waals surface area contributed by atoms with E-state index in [0.717, 1.165) is 13.2 Å². The Hall–Kier alpha value is -1.55. The van der Waals surface area contributed by atoms with E-state index in [-0.39, 0.29) is 5.91 Å². The van der Waals surface area contributed by atoms with Gasteiger partial charge in [-0.15, -0.1) is 0 Å². The number of nitrogens with zero attached hydrogens (tertiary/aromatic N) is 1. The monoisotopic (exact) mass is 328 g/mol. The zero-order valence-corrected chi connectivity index (χ0v) is 14.8. The number of benzene rings is 1. The summed E-state index contributed by atoms with van der Waals surface area (Å²) in [6.45, 7) is 6.03. The lowest BCUT2D eigenvalue weighted by Gasteiger charge is -2.63. The highest BCUT2D eigenvalue weighted by Gasteiger charge is 2.66. The summed E-state index contributed by atoms with van der Waals surface area (Å²) in [6, 6.07) is 8.99. The summed E-state index contributed by atoms with van der Waals surface area (Å²) in [5.74, 6) is 0.795. The Labute approximate surface area is 144 Å². The van der Waals surface area contributed by atoms with Gasteiger partial charge in [-0.05, 0) is 37.8 Å². The van der Waals surface area contributed by atoms with Crippen molar-refractivity contribution >= 4 is 11.6 Å². The fourth-order valence-electron chi connectivity index (χ4n) is 5.07. The van der Waals surface area contributed by atoms with Gasteiger partial charge < -0.3 is 15.0 Å². The second-order valence-corrected chi connectivity index (χ2v) is 7.64.